The van der Waals surface area contributed by atoms with E-state index in [0.717, 1.165) is 12.0 Å². The summed E-state index contributed by atoms with van der Waals surface area (Å²) in [6.45, 7) is 5.54. The number of hydrogen-bond donors (Lipinski definition) is 0. The number of rotatable bonds is 4. The van der Waals surface area contributed by atoms with Gasteiger partial charge in [0, 0.05) is 26.6 Å². The predicted molar refractivity (Wildman–Crippen MR) is 101 cm³/mol. The lowest BCUT2D eigenvalue weighted by atomic mass is 9.89. The van der Waals surface area contributed by atoms with Crippen molar-refractivity contribution in [3.8, 4) is 0 Å². The number of fused-ring (bicyclic) bond motifs is 1. The van der Waals surface area contributed by atoms with Crippen LogP contribution in [0.1, 0.15) is 50.3 Å². The highest BCUT2D eigenvalue weighted by molar-refractivity contribution is 5.80. The van der Waals surface area contributed by atoms with Crippen molar-refractivity contribution >= 4 is 17.8 Å². The SMILES string of the molecule is CCOC(=O)C1CCN(C(=O)CC2c3ccccc3CCN2C(C)=O)CC1. The number of likely N-dealkylation sites (tertiary alicyclic amines) is 1. The summed E-state index contributed by atoms with van der Waals surface area (Å²) in [5.74, 6) is -0.222. The molecule has 2 amide bonds. The first-order valence-electron chi connectivity index (χ1n) is 9.80. The van der Waals surface area contributed by atoms with Crippen molar-refractivity contribution in [3.05, 3.63) is 35.4 Å². The van der Waals surface area contributed by atoms with E-state index in [-0.39, 0.29) is 29.7 Å². The van der Waals surface area contributed by atoms with Gasteiger partial charge in [-0.3, -0.25) is 14.4 Å². The monoisotopic (exact) mass is 372 g/mol. The molecule has 0 aromatic heterocycles. The minimum absolute atomic E-state index is 0.00308. The van der Waals surface area contributed by atoms with Gasteiger partial charge in [-0.25, -0.2) is 0 Å². The van der Waals surface area contributed by atoms with Gasteiger partial charge in [0.1, 0.15) is 0 Å². The summed E-state index contributed by atoms with van der Waals surface area (Å²) in [5, 5.41) is 0. The molecule has 1 atom stereocenters. The van der Waals surface area contributed by atoms with Crippen LogP contribution in [-0.2, 0) is 25.5 Å². The van der Waals surface area contributed by atoms with Crippen LogP contribution in [0.3, 0.4) is 0 Å². The molecular formula is C21H28N2O4. The number of hydrogen-bond acceptors (Lipinski definition) is 4. The van der Waals surface area contributed by atoms with Crippen LogP contribution in [0.15, 0.2) is 24.3 Å². The Hall–Kier alpha value is -2.37. The summed E-state index contributed by atoms with van der Waals surface area (Å²) in [6, 6.07) is 7.86. The summed E-state index contributed by atoms with van der Waals surface area (Å²) in [5.41, 5.74) is 2.29. The molecule has 0 radical (unpaired) electrons. The number of carbonyl (C=O) groups is 3. The number of benzene rings is 1. The second-order valence-corrected chi connectivity index (χ2v) is 7.29. The van der Waals surface area contributed by atoms with Crippen molar-refractivity contribution in [1.29, 1.82) is 0 Å². The van der Waals surface area contributed by atoms with E-state index in [0.29, 0.717) is 45.5 Å². The molecule has 0 saturated carbocycles. The molecule has 6 nitrogen and oxygen atoms in total. The molecule has 1 saturated heterocycles. The smallest absolute Gasteiger partial charge is 0.309 e. The number of ether oxygens (including phenoxy) is 1. The maximum absolute atomic E-state index is 12.9. The molecule has 2 heterocycles. The normalized spacial score (nSPS) is 20.1. The average molecular weight is 372 g/mol. The summed E-state index contributed by atoms with van der Waals surface area (Å²) in [6.07, 6.45) is 2.40. The third kappa shape index (κ3) is 4.31. The zero-order valence-corrected chi connectivity index (χ0v) is 16.1. The molecule has 1 aromatic rings. The first kappa shape index (κ1) is 19.4. The van der Waals surface area contributed by atoms with E-state index in [4.69, 9.17) is 4.74 Å². The van der Waals surface area contributed by atoms with Crippen LogP contribution in [0, 0.1) is 5.92 Å². The number of piperidine rings is 1. The fraction of sp³-hybridized carbons (Fsp3) is 0.571. The van der Waals surface area contributed by atoms with Crippen molar-refractivity contribution in [3.63, 3.8) is 0 Å². The number of nitrogens with zero attached hydrogens (tertiary/aromatic N) is 2. The molecular weight excluding hydrogens is 344 g/mol. The maximum Gasteiger partial charge on any atom is 0.309 e. The molecule has 0 aliphatic carbocycles. The lowest BCUT2D eigenvalue weighted by Crippen LogP contribution is -2.44. The summed E-state index contributed by atoms with van der Waals surface area (Å²) < 4.78 is 5.09. The Balaban J connectivity index is 1.66. The minimum atomic E-state index is -0.206. The lowest BCUT2D eigenvalue weighted by molar-refractivity contribution is -0.151. The van der Waals surface area contributed by atoms with Crippen LogP contribution in [0.4, 0.5) is 0 Å². The predicted octanol–water partition coefficient (Wildman–Crippen LogP) is 2.32. The van der Waals surface area contributed by atoms with Gasteiger partial charge in [0.2, 0.25) is 11.8 Å². The number of amides is 2. The van der Waals surface area contributed by atoms with Crippen molar-refractivity contribution in [2.45, 2.75) is 45.6 Å². The molecule has 1 fully saturated rings. The molecule has 3 rings (SSSR count). The van der Waals surface area contributed by atoms with Crippen molar-refractivity contribution in [2.75, 3.05) is 26.2 Å². The second kappa shape index (κ2) is 8.55. The van der Waals surface area contributed by atoms with Crippen molar-refractivity contribution in [2.24, 2.45) is 5.92 Å². The van der Waals surface area contributed by atoms with E-state index in [1.165, 1.54) is 5.56 Å². The Kier molecular flexibility index (Phi) is 6.14. The molecule has 27 heavy (non-hydrogen) atoms. The van der Waals surface area contributed by atoms with Crippen LogP contribution < -0.4 is 0 Å². The van der Waals surface area contributed by atoms with Gasteiger partial charge in [-0.1, -0.05) is 24.3 Å². The van der Waals surface area contributed by atoms with Crippen molar-refractivity contribution in [1.82, 2.24) is 9.80 Å². The third-order valence-corrected chi connectivity index (χ3v) is 5.65. The Morgan fingerprint density at radius 3 is 2.48 bits per heavy atom. The number of esters is 1. The van der Waals surface area contributed by atoms with Crippen LogP contribution in [0.2, 0.25) is 0 Å². The molecule has 0 spiro atoms. The van der Waals surface area contributed by atoms with E-state index in [9.17, 15) is 14.4 Å². The largest absolute Gasteiger partial charge is 0.466 e. The van der Waals surface area contributed by atoms with Gasteiger partial charge in [0.05, 0.1) is 25.0 Å². The molecule has 2 aliphatic heterocycles. The fourth-order valence-electron chi connectivity index (χ4n) is 4.17. The number of carbonyl (C=O) groups excluding carboxylic acids is 3. The molecule has 2 aliphatic rings. The van der Waals surface area contributed by atoms with Gasteiger partial charge in [-0.2, -0.15) is 0 Å². The second-order valence-electron chi connectivity index (χ2n) is 7.29. The minimum Gasteiger partial charge on any atom is -0.466 e. The van der Waals surface area contributed by atoms with E-state index in [1.807, 2.05) is 28.0 Å². The van der Waals surface area contributed by atoms with Crippen molar-refractivity contribution < 1.29 is 19.1 Å². The summed E-state index contributed by atoms with van der Waals surface area (Å²) >= 11 is 0. The summed E-state index contributed by atoms with van der Waals surface area (Å²) in [7, 11) is 0. The lowest BCUT2D eigenvalue weighted by Gasteiger charge is -2.38. The summed E-state index contributed by atoms with van der Waals surface area (Å²) in [4.78, 5) is 40.5. The Morgan fingerprint density at radius 1 is 1.11 bits per heavy atom. The quantitative estimate of drug-likeness (QED) is 0.761. The fourth-order valence-corrected chi connectivity index (χ4v) is 4.17. The maximum atomic E-state index is 12.9. The van der Waals surface area contributed by atoms with E-state index >= 15 is 0 Å². The Bertz CT molecular complexity index is 710. The topological polar surface area (TPSA) is 66.9 Å². The van der Waals surface area contributed by atoms with E-state index in [1.54, 1.807) is 13.8 Å². The highest BCUT2D eigenvalue weighted by Crippen LogP contribution is 2.33. The van der Waals surface area contributed by atoms with Gasteiger partial charge in [-0.15, -0.1) is 0 Å². The average Bonchev–Trinajstić information content (AvgIpc) is 2.68. The molecule has 0 bridgehead atoms. The standard InChI is InChI=1S/C21H28N2O4/c1-3-27-21(26)17-8-11-22(12-9-17)20(25)14-19-18-7-5-4-6-16(18)10-13-23(19)15(2)24/h4-7,17,19H,3,8-14H2,1-2H3. The zero-order chi connectivity index (χ0) is 19.4. The Labute approximate surface area is 160 Å². The van der Waals surface area contributed by atoms with Gasteiger partial charge in [0.25, 0.3) is 0 Å². The molecule has 0 N–H and O–H groups in total. The first-order chi connectivity index (χ1) is 13.0. The Morgan fingerprint density at radius 2 is 1.81 bits per heavy atom. The third-order valence-electron chi connectivity index (χ3n) is 5.65. The van der Waals surface area contributed by atoms with Crippen LogP contribution in [0.25, 0.3) is 0 Å². The highest BCUT2D eigenvalue weighted by atomic mass is 16.5. The van der Waals surface area contributed by atoms with Gasteiger partial charge >= 0.3 is 5.97 Å². The van der Waals surface area contributed by atoms with Crippen LogP contribution in [0.5, 0.6) is 0 Å². The molecule has 146 valence electrons. The van der Waals surface area contributed by atoms with Crippen LogP contribution >= 0.6 is 0 Å². The zero-order valence-electron chi connectivity index (χ0n) is 16.1. The van der Waals surface area contributed by atoms with Crippen LogP contribution in [-0.4, -0.2) is 53.8 Å². The van der Waals surface area contributed by atoms with E-state index in [2.05, 4.69) is 6.07 Å². The molecule has 1 aromatic carbocycles. The molecule has 1 unspecified atom stereocenters. The van der Waals surface area contributed by atoms with E-state index < -0.39 is 0 Å². The van der Waals surface area contributed by atoms with Gasteiger partial charge in [-0.05, 0) is 37.3 Å². The first-order valence-corrected chi connectivity index (χ1v) is 9.80. The molecule has 6 heteroatoms. The highest BCUT2D eigenvalue weighted by Gasteiger charge is 2.34. The van der Waals surface area contributed by atoms with Gasteiger partial charge < -0.3 is 14.5 Å². The van der Waals surface area contributed by atoms with Gasteiger partial charge in [0.15, 0.2) is 0 Å².